The molecule has 1 N–H and O–H groups in total. The summed E-state index contributed by atoms with van der Waals surface area (Å²) in [5, 5.41) is 9.20. The molecule has 0 saturated carbocycles. The molecule has 0 saturated heterocycles. The highest BCUT2D eigenvalue weighted by atomic mass is 16.4. The number of imidazole rings is 1. The van der Waals surface area contributed by atoms with Crippen molar-refractivity contribution in [2.24, 2.45) is 7.05 Å². The number of carbonyl (C=O) groups is 1. The number of rotatable bonds is 4. The van der Waals surface area contributed by atoms with E-state index in [1.807, 2.05) is 36.7 Å². The zero-order valence-corrected chi connectivity index (χ0v) is 11.0. The molecular formula is C14H18N2O2. The van der Waals surface area contributed by atoms with Crippen LogP contribution in [-0.2, 0) is 18.3 Å². The molecule has 1 heterocycles. The van der Waals surface area contributed by atoms with Gasteiger partial charge in [-0.15, -0.1) is 0 Å². The van der Waals surface area contributed by atoms with Crippen LogP contribution in [-0.4, -0.2) is 20.6 Å². The Bertz CT molecular complexity index is 587. The average molecular weight is 246 g/mol. The molecule has 0 aliphatic carbocycles. The molecular weight excluding hydrogens is 228 g/mol. The molecule has 0 fully saturated rings. The average Bonchev–Trinajstić information content (AvgIpc) is 2.67. The van der Waals surface area contributed by atoms with Crippen molar-refractivity contribution >= 4 is 17.0 Å². The lowest BCUT2D eigenvalue weighted by Gasteiger charge is -2.10. The summed E-state index contributed by atoms with van der Waals surface area (Å²) < 4.78 is 2.04. The van der Waals surface area contributed by atoms with Gasteiger partial charge in [-0.05, 0) is 24.1 Å². The normalized spacial score (nSPS) is 12.8. The van der Waals surface area contributed by atoms with Crippen LogP contribution in [0.2, 0.25) is 0 Å². The Morgan fingerprint density at radius 1 is 1.44 bits per heavy atom. The molecule has 4 heteroatoms. The first-order chi connectivity index (χ1) is 8.58. The largest absolute Gasteiger partial charge is 0.481 e. The van der Waals surface area contributed by atoms with Crippen LogP contribution in [0.15, 0.2) is 18.2 Å². The van der Waals surface area contributed by atoms with Crippen LogP contribution in [0.1, 0.15) is 37.6 Å². The monoisotopic (exact) mass is 246 g/mol. The lowest BCUT2D eigenvalue weighted by molar-refractivity contribution is -0.138. The predicted octanol–water partition coefficient (Wildman–Crippen LogP) is 2.71. The van der Waals surface area contributed by atoms with Gasteiger partial charge in [0.1, 0.15) is 5.82 Å². The Hall–Kier alpha value is -1.84. The fraction of sp³-hybridized carbons (Fsp3) is 0.429. The van der Waals surface area contributed by atoms with E-state index in [-0.39, 0.29) is 0 Å². The third-order valence-corrected chi connectivity index (χ3v) is 3.42. The third kappa shape index (κ3) is 1.98. The SMILES string of the molecule is CCc1nc2ccc(C(CC)C(=O)O)cc2n1C. The molecule has 18 heavy (non-hydrogen) atoms. The molecule has 1 aromatic heterocycles. The summed E-state index contributed by atoms with van der Waals surface area (Å²) >= 11 is 0. The Kier molecular flexibility index (Phi) is 3.36. The minimum Gasteiger partial charge on any atom is -0.481 e. The first kappa shape index (κ1) is 12.6. The first-order valence-corrected chi connectivity index (χ1v) is 6.26. The lowest BCUT2D eigenvalue weighted by atomic mass is 9.96. The predicted molar refractivity (Wildman–Crippen MR) is 70.8 cm³/mol. The molecule has 2 rings (SSSR count). The third-order valence-electron chi connectivity index (χ3n) is 3.42. The fourth-order valence-corrected chi connectivity index (χ4v) is 2.34. The Morgan fingerprint density at radius 3 is 2.72 bits per heavy atom. The van der Waals surface area contributed by atoms with E-state index < -0.39 is 11.9 Å². The van der Waals surface area contributed by atoms with Crippen LogP contribution in [0, 0.1) is 0 Å². The smallest absolute Gasteiger partial charge is 0.310 e. The second-order valence-corrected chi connectivity index (χ2v) is 4.49. The summed E-state index contributed by atoms with van der Waals surface area (Å²) in [5.74, 6) is -0.186. The van der Waals surface area contributed by atoms with E-state index in [1.54, 1.807) is 0 Å². The molecule has 1 atom stereocenters. The van der Waals surface area contributed by atoms with Crippen molar-refractivity contribution < 1.29 is 9.90 Å². The molecule has 0 bridgehead atoms. The standard InChI is InChI=1S/C14H18N2O2/c1-4-10(14(17)18)9-6-7-11-12(8-9)16(3)13(5-2)15-11/h6-8,10H,4-5H2,1-3H3,(H,17,18). The summed E-state index contributed by atoms with van der Waals surface area (Å²) in [5.41, 5.74) is 2.78. The first-order valence-electron chi connectivity index (χ1n) is 6.26. The topological polar surface area (TPSA) is 55.1 Å². The van der Waals surface area contributed by atoms with Gasteiger partial charge in [-0.3, -0.25) is 4.79 Å². The van der Waals surface area contributed by atoms with Crippen LogP contribution in [0.5, 0.6) is 0 Å². The molecule has 0 amide bonds. The van der Waals surface area contributed by atoms with Gasteiger partial charge in [0.2, 0.25) is 0 Å². The van der Waals surface area contributed by atoms with Gasteiger partial charge in [-0.1, -0.05) is 19.9 Å². The number of carboxylic acids is 1. The molecule has 96 valence electrons. The van der Waals surface area contributed by atoms with E-state index in [0.717, 1.165) is 28.8 Å². The van der Waals surface area contributed by atoms with Gasteiger partial charge in [0.25, 0.3) is 0 Å². The number of hydrogen-bond acceptors (Lipinski definition) is 2. The number of aliphatic carboxylic acids is 1. The van der Waals surface area contributed by atoms with E-state index >= 15 is 0 Å². The number of carboxylic acid groups (broad SMARTS) is 1. The fourth-order valence-electron chi connectivity index (χ4n) is 2.34. The van der Waals surface area contributed by atoms with E-state index in [0.29, 0.717) is 6.42 Å². The summed E-state index contributed by atoms with van der Waals surface area (Å²) in [7, 11) is 1.97. The highest BCUT2D eigenvalue weighted by Crippen LogP contribution is 2.24. The quantitative estimate of drug-likeness (QED) is 0.902. The maximum atomic E-state index is 11.2. The number of fused-ring (bicyclic) bond motifs is 1. The maximum Gasteiger partial charge on any atom is 0.310 e. The Morgan fingerprint density at radius 2 is 2.17 bits per heavy atom. The minimum absolute atomic E-state index is 0.436. The van der Waals surface area contributed by atoms with Gasteiger partial charge in [0.15, 0.2) is 0 Å². The van der Waals surface area contributed by atoms with Crippen molar-refractivity contribution in [2.75, 3.05) is 0 Å². The van der Waals surface area contributed by atoms with Crippen molar-refractivity contribution in [1.29, 1.82) is 0 Å². The summed E-state index contributed by atoms with van der Waals surface area (Å²) in [6.07, 6.45) is 1.47. The number of hydrogen-bond donors (Lipinski definition) is 1. The number of aryl methyl sites for hydroxylation is 2. The van der Waals surface area contributed by atoms with Crippen LogP contribution in [0.25, 0.3) is 11.0 Å². The van der Waals surface area contributed by atoms with E-state index in [4.69, 9.17) is 0 Å². The molecule has 2 aromatic rings. The van der Waals surface area contributed by atoms with Crippen LogP contribution >= 0.6 is 0 Å². The van der Waals surface area contributed by atoms with Crippen molar-refractivity contribution in [1.82, 2.24) is 9.55 Å². The number of benzene rings is 1. The van der Waals surface area contributed by atoms with Crippen molar-refractivity contribution in [3.8, 4) is 0 Å². The zero-order valence-electron chi connectivity index (χ0n) is 11.0. The molecule has 0 aliphatic rings. The van der Waals surface area contributed by atoms with E-state index in [1.165, 1.54) is 0 Å². The summed E-state index contributed by atoms with van der Waals surface area (Å²) in [4.78, 5) is 15.7. The van der Waals surface area contributed by atoms with Gasteiger partial charge in [0.05, 0.1) is 17.0 Å². The number of aromatic nitrogens is 2. The van der Waals surface area contributed by atoms with Gasteiger partial charge in [-0.25, -0.2) is 4.98 Å². The highest BCUT2D eigenvalue weighted by molar-refractivity contribution is 5.81. The minimum atomic E-state index is -0.769. The summed E-state index contributed by atoms with van der Waals surface area (Å²) in [6.45, 7) is 3.96. The van der Waals surface area contributed by atoms with Crippen LogP contribution < -0.4 is 0 Å². The molecule has 1 unspecified atom stereocenters. The summed E-state index contributed by atoms with van der Waals surface area (Å²) in [6, 6.07) is 5.73. The molecule has 4 nitrogen and oxygen atoms in total. The Labute approximate surface area is 106 Å². The van der Waals surface area contributed by atoms with Crippen LogP contribution in [0.3, 0.4) is 0 Å². The van der Waals surface area contributed by atoms with E-state index in [2.05, 4.69) is 11.9 Å². The van der Waals surface area contributed by atoms with Gasteiger partial charge in [0, 0.05) is 13.5 Å². The molecule has 0 radical (unpaired) electrons. The van der Waals surface area contributed by atoms with Crippen molar-refractivity contribution in [3.05, 3.63) is 29.6 Å². The second-order valence-electron chi connectivity index (χ2n) is 4.49. The van der Waals surface area contributed by atoms with Crippen molar-refractivity contribution in [3.63, 3.8) is 0 Å². The van der Waals surface area contributed by atoms with E-state index in [9.17, 15) is 9.90 Å². The number of nitrogens with zero attached hydrogens (tertiary/aromatic N) is 2. The molecule has 0 aliphatic heterocycles. The maximum absolute atomic E-state index is 11.2. The van der Waals surface area contributed by atoms with Gasteiger partial charge in [-0.2, -0.15) is 0 Å². The molecule has 1 aromatic carbocycles. The Balaban J connectivity index is 2.55. The van der Waals surface area contributed by atoms with Crippen LogP contribution in [0.4, 0.5) is 0 Å². The van der Waals surface area contributed by atoms with Gasteiger partial charge < -0.3 is 9.67 Å². The van der Waals surface area contributed by atoms with Crippen molar-refractivity contribution in [2.45, 2.75) is 32.6 Å². The zero-order chi connectivity index (χ0) is 13.3. The van der Waals surface area contributed by atoms with Gasteiger partial charge >= 0.3 is 5.97 Å². The second kappa shape index (κ2) is 4.80. The molecule has 0 spiro atoms. The highest BCUT2D eigenvalue weighted by Gasteiger charge is 2.18. The lowest BCUT2D eigenvalue weighted by Crippen LogP contribution is -2.10.